The molecule has 3 N–H and O–H groups in total. The standard InChI is InChI=1S/C8H10N2.C7H12F3NO4S/c1-3-7-4-2-6-10-8(7)9-5-1;1-2-5(6(12)13)11-16(14,15)4-3-7(8,9)10/h1,3,5H,2,4,6H2,(H,9,10);5,11H,2-4H2,1H3,(H,12,13). The van der Waals surface area contributed by atoms with Crippen LogP contribution in [0.4, 0.5) is 19.0 Å². The number of anilines is 1. The summed E-state index contributed by atoms with van der Waals surface area (Å²) in [5, 5.41) is 11.8. The van der Waals surface area contributed by atoms with Crippen molar-refractivity contribution >= 4 is 21.8 Å². The Hall–Kier alpha value is -1.88. The van der Waals surface area contributed by atoms with E-state index in [0.717, 1.165) is 12.4 Å². The second-order valence-electron chi connectivity index (χ2n) is 5.64. The number of rotatable bonds is 6. The molecule has 0 bridgehead atoms. The van der Waals surface area contributed by atoms with Gasteiger partial charge in [0.05, 0.1) is 12.2 Å². The third-order valence-electron chi connectivity index (χ3n) is 3.49. The van der Waals surface area contributed by atoms with E-state index in [1.165, 1.54) is 25.3 Å². The second kappa shape index (κ2) is 9.72. The normalized spacial score (nSPS) is 15.1. The molecule has 1 aromatic rings. The lowest BCUT2D eigenvalue weighted by atomic mass is 10.1. The molecule has 148 valence electrons. The Bertz CT molecular complexity index is 671. The summed E-state index contributed by atoms with van der Waals surface area (Å²) in [4.78, 5) is 14.7. The molecular formula is C15H22F3N3O4S. The maximum absolute atomic E-state index is 11.8. The van der Waals surface area contributed by atoms with Crippen molar-refractivity contribution in [2.75, 3.05) is 17.6 Å². The minimum atomic E-state index is -4.58. The van der Waals surface area contributed by atoms with Crippen molar-refractivity contribution in [1.29, 1.82) is 0 Å². The van der Waals surface area contributed by atoms with Gasteiger partial charge in [0.25, 0.3) is 0 Å². The van der Waals surface area contributed by atoms with Crippen LogP contribution >= 0.6 is 0 Å². The van der Waals surface area contributed by atoms with Gasteiger partial charge >= 0.3 is 12.1 Å². The molecule has 26 heavy (non-hydrogen) atoms. The molecule has 0 spiro atoms. The molecule has 1 aliphatic heterocycles. The van der Waals surface area contributed by atoms with Crippen LogP contribution in [-0.4, -0.2) is 49.0 Å². The summed E-state index contributed by atoms with van der Waals surface area (Å²) in [6.45, 7) is 2.48. The van der Waals surface area contributed by atoms with E-state index in [4.69, 9.17) is 5.11 Å². The number of halogens is 3. The number of aliphatic carboxylic acids is 1. The first kappa shape index (κ1) is 22.2. The third-order valence-corrected chi connectivity index (χ3v) is 4.87. The number of hydrogen-bond acceptors (Lipinski definition) is 5. The molecule has 0 saturated carbocycles. The molecule has 1 aliphatic rings. The number of pyridine rings is 1. The molecule has 2 heterocycles. The molecule has 0 radical (unpaired) electrons. The predicted molar refractivity (Wildman–Crippen MR) is 90.4 cm³/mol. The van der Waals surface area contributed by atoms with Crippen LogP contribution in [0, 0.1) is 0 Å². The van der Waals surface area contributed by atoms with E-state index in [1.54, 1.807) is 4.72 Å². The van der Waals surface area contributed by atoms with Gasteiger partial charge < -0.3 is 10.4 Å². The number of fused-ring (bicyclic) bond motifs is 1. The van der Waals surface area contributed by atoms with Crippen LogP contribution in [0.2, 0.25) is 0 Å². The number of aromatic nitrogens is 1. The van der Waals surface area contributed by atoms with Crippen molar-refractivity contribution in [3.63, 3.8) is 0 Å². The monoisotopic (exact) mass is 397 g/mol. The summed E-state index contributed by atoms with van der Waals surface area (Å²) in [6.07, 6.45) is -1.88. The lowest BCUT2D eigenvalue weighted by Gasteiger charge is -2.15. The zero-order valence-corrected chi connectivity index (χ0v) is 15.0. The number of carboxylic acids is 1. The van der Waals surface area contributed by atoms with Crippen LogP contribution in [-0.2, 0) is 21.2 Å². The molecule has 0 fully saturated rings. The van der Waals surface area contributed by atoms with E-state index in [9.17, 15) is 26.4 Å². The molecule has 7 nitrogen and oxygen atoms in total. The van der Waals surface area contributed by atoms with Gasteiger partial charge in [0, 0.05) is 12.7 Å². The molecule has 1 atom stereocenters. The molecular weight excluding hydrogens is 375 g/mol. The van der Waals surface area contributed by atoms with Crippen LogP contribution in [0.15, 0.2) is 18.3 Å². The van der Waals surface area contributed by atoms with Gasteiger partial charge in [-0.05, 0) is 30.9 Å². The lowest BCUT2D eigenvalue weighted by molar-refractivity contribution is -0.139. The van der Waals surface area contributed by atoms with Gasteiger partial charge in [0.2, 0.25) is 10.0 Å². The van der Waals surface area contributed by atoms with Crippen molar-refractivity contribution < 1.29 is 31.5 Å². The summed E-state index contributed by atoms with van der Waals surface area (Å²) in [6, 6.07) is 2.73. The number of alkyl halides is 3. The summed E-state index contributed by atoms with van der Waals surface area (Å²) in [5.41, 5.74) is 1.36. The molecule has 0 saturated heterocycles. The highest BCUT2D eigenvalue weighted by Gasteiger charge is 2.31. The minimum Gasteiger partial charge on any atom is -0.480 e. The van der Waals surface area contributed by atoms with Crippen LogP contribution in [0.3, 0.4) is 0 Å². The van der Waals surface area contributed by atoms with E-state index >= 15 is 0 Å². The van der Waals surface area contributed by atoms with E-state index in [0.29, 0.717) is 0 Å². The van der Waals surface area contributed by atoms with E-state index < -0.39 is 40.4 Å². The predicted octanol–water partition coefficient (Wildman–Crippen LogP) is 2.16. The zero-order valence-electron chi connectivity index (χ0n) is 14.2. The first-order chi connectivity index (χ1) is 12.0. The minimum absolute atomic E-state index is 0.0411. The van der Waals surface area contributed by atoms with E-state index in [2.05, 4.69) is 16.4 Å². The number of nitrogens with one attached hydrogen (secondary N) is 2. The lowest BCUT2D eigenvalue weighted by Crippen LogP contribution is -2.41. The molecule has 2 rings (SSSR count). The summed E-state index contributed by atoms with van der Waals surface area (Å²) >= 11 is 0. The number of hydrogen-bond donors (Lipinski definition) is 3. The average Bonchev–Trinajstić information content (AvgIpc) is 2.58. The number of carbonyl (C=O) groups is 1. The van der Waals surface area contributed by atoms with Gasteiger partial charge in [-0.1, -0.05) is 13.0 Å². The van der Waals surface area contributed by atoms with Gasteiger partial charge in [-0.2, -0.15) is 13.2 Å². The van der Waals surface area contributed by atoms with Crippen molar-refractivity contribution in [1.82, 2.24) is 9.71 Å². The summed E-state index contributed by atoms with van der Waals surface area (Å²) in [7, 11) is -4.22. The topological polar surface area (TPSA) is 108 Å². The van der Waals surface area contributed by atoms with Gasteiger partial charge in [-0.3, -0.25) is 4.79 Å². The maximum atomic E-state index is 11.8. The quantitative estimate of drug-likeness (QED) is 0.679. The van der Waals surface area contributed by atoms with E-state index in [1.807, 2.05) is 12.3 Å². The maximum Gasteiger partial charge on any atom is 0.390 e. The van der Waals surface area contributed by atoms with Crippen molar-refractivity contribution in [3.05, 3.63) is 23.9 Å². The Kier molecular flexibility index (Phi) is 8.28. The van der Waals surface area contributed by atoms with Crippen molar-refractivity contribution in [2.24, 2.45) is 0 Å². The Morgan fingerprint density at radius 1 is 1.46 bits per heavy atom. The first-order valence-corrected chi connectivity index (χ1v) is 9.66. The van der Waals surface area contributed by atoms with Gasteiger partial charge in [-0.15, -0.1) is 0 Å². The molecule has 0 amide bonds. The average molecular weight is 397 g/mol. The van der Waals surface area contributed by atoms with Crippen molar-refractivity contribution in [2.45, 2.75) is 44.8 Å². The van der Waals surface area contributed by atoms with Gasteiger partial charge in [-0.25, -0.2) is 18.1 Å². The second-order valence-corrected chi connectivity index (χ2v) is 7.52. The molecule has 1 aromatic heterocycles. The molecule has 0 aliphatic carbocycles. The fourth-order valence-corrected chi connectivity index (χ4v) is 3.44. The molecule has 11 heteroatoms. The summed E-state index contributed by atoms with van der Waals surface area (Å²) in [5.74, 6) is -1.51. The first-order valence-electron chi connectivity index (χ1n) is 8.01. The van der Waals surface area contributed by atoms with Crippen molar-refractivity contribution in [3.8, 4) is 0 Å². The molecule has 1 unspecified atom stereocenters. The number of nitrogens with zero attached hydrogens (tertiary/aromatic N) is 1. The Morgan fingerprint density at radius 3 is 2.69 bits per heavy atom. The fourth-order valence-electron chi connectivity index (χ4n) is 2.12. The number of aryl methyl sites for hydroxylation is 1. The van der Waals surface area contributed by atoms with E-state index in [-0.39, 0.29) is 6.42 Å². The van der Waals surface area contributed by atoms with Crippen LogP contribution in [0.5, 0.6) is 0 Å². The Morgan fingerprint density at radius 2 is 2.15 bits per heavy atom. The molecule has 0 aromatic carbocycles. The largest absolute Gasteiger partial charge is 0.480 e. The highest BCUT2D eigenvalue weighted by atomic mass is 32.2. The van der Waals surface area contributed by atoms with Crippen LogP contribution in [0.25, 0.3) is 0 Å². The highest BCUT2D eigenvalue weighted by molar-refractivity contribution is 7.89. The fraction of sp³-hybridized carbons (Fsp3) is 0.600. The highest BCUT2D eigenvalue weighted by Crippen LogP contribution is 2.20. The van der Waals surface area contributed by atoms with Gasteiger partial charge in [0.1, 0.15) is 11.9 Å². The Labute approximate surface area is 150 Å². The Balaban J connectivity index is 0.000000284. The smallest absolute Gasteiger partial charge is 0.390 e. The summed E-state index contributed by atoms with van der Waals surface area (Å²) < 4.78 is 59.1. The number of sulfonamides is 1. The SMILES string of the molecule is CCC(NS(=O)(=O)CCC(F)(F)F)C(=O)O.c1cnc2c(c1)CCCN2. The zero-order chi connectivity index (χ0) is 19.8. The van der Waals surface area contributed by atoms with Crippen LogP contribution < -0.4 is 10.0 Å². The van der Waals surface area contributed by atoms with Gasteiger partial charge in [0.15, 0.2) is 0 Å². The number of carboxylic acid groups (broad SMARTS) is 1. The van der Waals surface area contributed by atoms with Crippen LogP contribution in [0.1, 0.15) is 31.7 Å². The third kappa shape index (κ3) is 8.48.